The van der Waals surface area contributed by atoms with Crippen molar-refractivity contribution in [3.63, 3.8) is 0 Å². The third-order valence-electron chi connectivity index (χ3n) is 6.69. The highest BCUT2D eigenvalue weighted by Gasteiger charge is 2.26. The average Bonchev–Trinajstić information content (AvgIpc) is 3.79. The SMILES string of the molecule is CCOc1ccccc1N1CCN(C(=O)c2csc(CSc3nnc(-c4ccco4)n3-c3cc(Cl)ccc3Cl)n2)CC1. The minimum absolute atomic E-state index is 0.0609. The highest BCUT2D eigenvalue weighted by Crippen LogP contribution is 2.35. The van der Waals surface area contributed by atoms with Gasteiger partial charge in [0, 0.05) is 36.6 Å². The molecule has 216 valence electrons. The molecular formula is C29H26Cl2N6O3S2. The maximum atomic E-state index is 13.3. The Morgan fingerprint density at radius 1 is 1.05 bits per heavy atom. The third-order valence-corrected chi connectivity index (χ3v) is 9.22. The van der Waals surface area contributed by atoms with E-state index in [1.165, 1.54) is 23.1 Å². The molecule has 1 saturated heterocycles. The van der Waals surface area contributed by atoms with Crippen LogP contribution in [-0.2, 0) is 5.75 Å². The molecule has 0 unspecified atom stereocenters. The van der Waals surface area contributed by atoms with Gasteiger partial charge in [-0.1, -0.05) is 47.1 Å². The quantitative estimate of drug-likeness (QED) is 0.160. The molecule has 1 aliphatic heterocycles. The molecule has 1 fully saturated rings. The number of benzene rings is 2. The third kappa shape index (κ3) is 6.00. The number of anilines is 1. The number of halogens is 2. The number of thioether (sulfide) groups is 1. The summed E-state index contributed by atoms with van der Waals surface area (Å²) in [5.41, 5.74) is 2.15. The van der Waals surface area contributed by atoms with Crippen LogP contribution in [0.15, 0.2) is 75.8 Å². The van der Waals surface area contributed by atoms with Gasteiger partial charge in [0.05, 0.1) is 35.0 Å². The Balaban J connectivity index is 1.14. The van der Waals surface area contributed by atoms with Crippen LogP contribution in [0.4, 0.5) is 5.69 Å². The Hall–Kier alpha value is -3.51. The van der Waals surface area contributed by atoms with E-state index in [-0.39, 0.29) is 5.91 Å². The summed E-state index contributed by atoms with van der Waals surface area (Å²) >= 11 is 15.7. The normalized spacial score (nSPS) is 13.5. The molecular weight excluding hydrogens is 615 g/mol. The first-order chi connectivity index (χ1) is 20.5. The topological polar surface area (TPSA) is 89.5 Å². The van der Waals surface area contributed by atoms with Crippen LogP contribution in [0.25, 0.3) is 17.3 Å². The molecule has 0 spiro atoms. The van der Waals surface area contributed by atoms with E-state index in [0.717, 1.165) is 29.5 Å². The molecule has 9 nitrogen and oxygen atoms in total. The number of carbonyl (C=O) groups is 1. The Kier molecular flexibility index (Phi) is 8.71. The Morgan fingerprint density at radius 3 is 2.67 bits per heavy atom. The van der Waals surface area contributed by atoms with Crippen LogP contribution in [-0.4, -0.2) is 63.3 Å². The zero-order valence-electron chi connectivity index (χ0n) is 22.6. The van der Waals surface area contributed by atoms with E-state index >= 15 is 0 Å². The van der Waals surface area contributed by atoms with Crippen LogP contribution in [0, 0.1) is 0 Å². The number of ether oxygens (including phenoxy) is 1. The lowest BCUT2D eigenvalue weighted by molar-refractivity contribution is 0.0741. The van der Waals surface area contributed by atoms with Crippen molar-refractivity contribution in [2.24, 2.45) is 0 Å². The van der Waals surface area contributed by atoms with E-state index < -0.39 is 0 Å². The van der Waals surface area contributed by atoms with Crippen molar-refractivity contribution in [3.8, 4) is 23.0 Å². The lowest BCUT2D eigenvalue weighted by Crippen LogP contribution is -2.49. The lowest BCUT2D eigenvalue weighted by atomic mass is 10.2. The van der Waals surface area contributed by atoms with Crippen LogP contribution in [0.3, 0.4) is 0 Å². The summed E-state index contributed by atoms with van der Waals surface area (Å²) in [6.07, 6.45) is 1.58. The number of nitrogens with zero attached hydrogens (tertiary/aromatic N) is 6. The zero-order valence-corrected chi connectivity index (χ0v) is 25.7. The molecule has 13 heteroatoms. The summed E-state index contributed by atoms with van der Waals surface area (Å²) in [7, 11) is 0. The first kappa shape index (κ1) is 28.6. The average molecular weight is 642 g/mol. The van der Waals surface area contributed by atoms with Crippen molar-refractivity contribution in [2.45, 2.75) is 17.8 Å². The van der Waals surface area contributed by atoms with Gasteiger partial charge in [-0.2, -0.15) is 0 Å². The predicted octanol–water partition coefficient (Wildman–Crippen LogP) is 6.94. The van der Waals surface area contributed by atoms with E-state index in [1.54, 1.807) is 30.5 Å². The molecule has 0 aliphatic carbocycles. The maximum Gasteiger partial charge on any atom is 0.273 e. The Bertz CT molecular complexity index is 1680. The number of carbonyl (C=O) groups excluding carboxylic acids is 1. The molecule has 0 radical (unpaired) electrons. The first-order valence-corrected chi connectivity index (χ1v) is 15.9. The largest absolute Gasteiger partial charge is 0.492 e. The molecule has 6 rings (SSSR count). The van der Waals surface area contributed by atoms with Crippen molar-refractivity contribution < 1.29 is 13.9 Å². The summed E-state index contributed by atoms with van der Waals surface area (Å²) in [6.45, 7) is 5.26. The number of aromatic nitrogens is 4. The van der Waals surface area contributed by atoms with Gasteiger partial charge >= 0.3 is 0 Å². The van der Waals surface area contributed by atoms with Crippen molar-refractivity contribution in [1.82, 2.24) is 24.6 Å². The maximum absolute atomic E-state index is 13.3. The van der Waals surface area contributed by atoms with Crippen molar-refractivity contribution in [2.75, 3.05) is 37.7 Å². The predicted molar refractivity (Wildman–Crippen MR) is 166 cm³/mol. The molecule has 1 aliphatic rings. The van der Waals surface area contributed by atoms with Crippen LogP contribution in [0.1, 0.15) is 22.4 Å². The molecule has 42 heavy (non-hydrogen) atoms. The van der Waals surface area contributed by atoms with E-state index in [1.807, 2.05) is 46.0 Å². The highest BCUT2D eigenvalue weighted by atomic mass is 35.5. The number of hydrogen-bond donors (Lipinski definition) is 0. The van der Waals surface area contributed by atoms with Gasteiger partial charge in [0.15, 0.2) is 10.9 Å². The number of piperazine rings is 1. The smallest absolute Gasteiger partial charge is 0.273 e. The fraction of sp³-hybridized carbons (Fsp3) is 0.241. The second kappa shape index (κ2) is 12.8. The minimum atomic E-state index is -0.0609. The molecule has 1 amide bonds. The Labute approximate surface area is 261 Å². The minimum Gasteiger partial charge on any atom is -0.492 e. The Morgan fingerprint density at radius 2 is 1.88 bits per heavy atom. The van der Waals surface area contributed by atoms with Gasteiger partial charge in [0.1, 0.15) is 16.5 Å². The van der Waals surface area contributed by atoms with Gasteiger partial charge in [0.2, 0.25) is 5.82 Å². The number of furan rings is 1. The molecule has 0 atom stereocenters. The van der Waals surface area contributed by atoms with Crippen LogP contribution in [0.2, 0.25) is 10.0 Å². The summed E-state index contributed by atoms with van der Waals surface area (Å²) in [5.74, 6) is 2.35. The zero-order chi connectivity index (χ0) is 29.1. The van der Waals surface area contributed by atoms with E-state index in [4.69, 9.17) is 32.4 Å². The van der Waals surface area contributed by atoms with Gasteiger partial charge in [-0.25, -0.2) is 4.98 Å². The molecule has 3 aromatic heterocycles. The van der Waals surface area contributed by atoms with Gasteiger partial charge in [-0.15, -0.1) is 21.5 Å². The van der Waals surface area contributed by atoms with Gasteiger partial charge in [-0.05, 0) is 49.4 Å². The van der Waals surface area contributed by atoms with Crippen molar-refractivity contribution >= 4 is 57.9 Å². The first-order valence-electron chi connectivity index (χ1n) is 13.3. The summed E-state index contributed by atoms with van der Waals surface area (Å²) in [5, 5.41) is 13.0. The monoisotopic (exact) mass is 640 g/mol. The number of hydrogen-bond acceptors (Lipinski definition) is 9. The van der Waals surface area contributed by atoms with E-state index in [9.17, 15) is 4.79 Å². The lowest BCUT2D eigenvalue weighted by Gasteiger charge is -2.36. The molecule has 0 N–H and O–H groups in total. The molecule has 0 bridgehead atoms. The van der Waals surface area contributed by atoms with Gasteiger partial charge in [-0.3, -0.25) is 9.36 Å². The second-order valence-corrected chi connectivity index (χ2v) is 12.0. The molecule has 2 aromatic carbocycles. The fourth-order valence-electron chi connectivity index (χ4n) is 4.71. The number of amides is 1. The second-order valence-electron chi connectivity index (χ2n) is 9.31. The van der Waals surface area contributed by atoms with Crippen LogP contribution in [0.5, 0.6) is 5.75 Å². The summed E-state index contributed by atoms with van der Waals surface area (Å²) in [6, 6.07) is 16.8. The molecule has 5 aromatic rings. The molecule has 4 heterocycles. The molecule has 0 saturated carbocycles. The van der Waals surface area contributed by atoms with Crippen molar-refractivity contribution in [1.29, 1.82) is 0 Å². The standard InChI is InChI=1S/C29H26Cl2N6O3S2/c1-2-39-24-7-4-3-6-22(24)35-11-13-36(14-12-35)28(38)21-17-41-26(32-21)18-42-29-34-33-27(25-8-5-15-40-25)37(29)23-16-19(30)9-10-20(23)31/h3-10,15-17H,2,11-14,18H2,1H3. The van der Waals surface area contributed by atoms with E-state index in [0.29, 0.717) is 63.6 Å². The van der Waals surface area contributed by atoms with Crippen LogP contribution >= 0.6 is 46.3 Å². The highest BCUT2D eigenvalue weighted by molar-refractivity contribution is 7.98. The summed E-state index contributed by atoms with van der Waals surface area (Å²) in [4.78, 5) is 22.1. The van der Waals surface area contributed by atoms with Crippen molar-refractivity contribution in [3.05, 3.63) is 87.0 Å². The van der Waals surface area contributed by atoms with Gasteiger partial charge < -0.3 is 19.0 Å². The number of para-hydroxylation sites is 2. The van der Waals surface area contributed by atoms with E-state index in [2.05, 4.69) is 26.1 Å². The number of rotatable bonds is 9. The van der Waals surface area contributed by atoms with Gasteiger partial charge in [0.25, 0.3) is 5.91 Å². The summed E-state index contributed by atoms with van der Waals surface area (Å²) < 4.78 is 13.2. The van der Waals surface area contributed by atoms with Crippen LogP contribution < -0.4 is 9.64 Å². The number of thiazole rings is 1. The fourth-order valence-corrected chi connectivity index (χ4v) is 6.81.